The van der Waals surface area contributed by atoms with Crippen molar-refractivity contribution < 1.29 is 42.8 Å². The molecule has 660 valence electrons. The van der Waals surface area contributed by atoms with E-state index in [1.54, 1.807) is 6.07 Å². The van der Waals surface area contributed by atoms with E-state index in [1.165, 1.54) is 100 Å². The summed E-state index contributed by atoms with van der Waals surface area (Å²) in [5.41, 5.74) is 30.4. The fourth-order valence-electron chi connectivity index (χ4n) is 20.8. The lowest BCUT2D eigenvalue weighted by atomic mass is 9.92. The summed E-state index contributed by atoms with van der Waals surface area (Å²) in [6, 6.07) is 78.8. The molecule has 0 aliphatic carbocycles. The summed E-state index contributed by atoms with van der Waals surface area (Å²) in [5, 5.41) is 27.0. The summed E-state index contributed by atoms with van der Waals surface area (Å²) in [6.07, 6.45) is 10.3. The van der Waals surface area contributed by atoms with Gasteiger partial charge in [-0.1, -0.05) is 213 Å². The number of hydrogen-bond acceptors (Lipinski definition) is 8. The average Bonchev–Trinajstić information content (AvgIpc) is 1.63. The fourth-order valence-corrected chi connectivity index (χ4v) is 20.8. The maximum Gasteiger partial charge on any atom is 0.228 e. The number of rotatable bonds is 8. The molecule has 134 heavy (non-hydrogen) atoms. The lowest BCUT2D eigenvalue weighted by Crippen LogP contribution is -2.31. The molecule has 12 heterocycles. The van der Waals surface area contributed by atoms with Crippen molar-refractivity contribution in [3.63, 3.8) is 0 Å². The molecule has 24 rings (SSSR count). The molecular weight excluding hydrogens is 1640 g/mol. The first kappa shape index (κ1) is 80.0. The SMILES string of the molecule is Cc1cc2c(oc3nc(C)c4ccccc4c32)c(-c2c3ccc(C(C)C)cc3cc[n+]2C)c1C.Cc1ccc2c(oc3ncc4ccccc4c32)c1-c1c2ccc(C(C)C)cc2cc[n+]1C.[2H]C(C)(C)c1ccc2c(-c3c(C)c(C)cc4c3oc3nc(C)c5ccccc5c34)[n+](C)ccc2c1.[2H]C([2H])([2H])C([2H])(C)c1ccc2c(-c3c(C)c(C)cc4c3oc3nc(C)c5ccccc5c34)[n+](C)ccc2c1. The lowest BCUT2D eigenvalue weighted by molar-refractivity contribution is -0.659. The smallest absolute Gasteiger partial charge is 0.228 e. The van der Waals surface area contributed by atoms with Crippen LogP contribution in [0.15, 0.2) is 273 Å². The molecule has 0 N–H and O–H groups in total. The van der Waals surface area contributed by atoms with E-state index >= 15 is 0 Å². The van der Waals surface area contributed by atoms with Crippen molar-refractivity contribution in [2.75, 3.05) is 0 Å². The van der Waals surface area contributed by atoms with Gasteiger partial charge < -0.3 is 17.7 Å². The number of nitrogens with zero attached hydrogens (tertiary/aromatic N) is 8. The van der Waals surface area contributed by atoms with E-state index in [-0.39, 0.29) is 0 Å². The Balaban J connectivity index is 0.000000110. The molecule has 12 aromatic heterocycles. The zero-order valence-electron chi connectivity index (χ0n) is 85.1. The molecule has 0 aliphatic heterocycles. The molecule has 0 saturated heterocycles. The number of aryl methyl sites for hydroxylation is 11. The molecule has 1 atom stereocenters. The van der Waals surface area contributed by atoms with Crippen molar-refractivity contribution in [1.29, 1.82) is 0 Å². The predicted octanol–water partition coefficient (Wildman–Crippen LogP) is 30.7. The lowest BCUT2D eigenvalue weighted by Gasteiger charge is -2.12. The Bertz CT molecular complexity index is 9350. The third-order valence-corrected chi connectivity index (χ3v) is 28.5. The molecule has 12 nitrogen and oxygen atoms in total. The Labute approximate surface area is 787 Å². The summed E-state index contributed by atoms with van der Waals surface area (Å²) < 4.78 is 75.6. The molecule has 12 aromatic carbocycles. The maximum atomic E-state index is 8.58. The highest BCUT2D eigenvalue weighted by Crippen LogP contribution is 2.49. The Morgan fingerprint density at radius 3 is 0.925 bits per heavy atom. The van der Waals surface area contributed by atoms with Gasteiger partial charge in [-0.15, -0.1) is 0 Å². The Morgan fingerprint density at radius 1 is 0.269 bits per heavy atom. The second-order valence-corrected chi connectivity index (χ2v) is 37.9. The van der Waals surface area contributed by atoms with Gasteiger partial charge in [0.15, 0.2) is 47.1 Å². The number of benzene rings is 12. The minimum atomic E-state index is -2.44. The van der Waals surface area contributed by atoms with Crippen LogP contribution in [-0.4, -0.2) is 19.9 Å². The van der Waals surface area contributed by atoms with Gasteiger partial charge in [-0.2, -0.15) is 0 Å². The van der Waals surface area contributed by atoms with Gasteiger partial charge in [0.25, 0.3) is 0 Å². The van der Waals surface area contributed by atoms with Crippen LogP contribution in [0.2, 0.25) is 0 Å². The predicted molar refractivity (Wildman–Crippen MR) is 556 cm³/mol. The van der Waals surface area contributed by atoms with Crippen LogP contribution in [0, 0.1) is 69.2 Å². The number of hydrogen-bond donors (Lipinski definition) is 0. The molecule has 1 unspecified atom stereocenters. The largest absolute Gasteiger partial charge is 0.437 e. The minimum Gasteiger partial charge on any atom is -0.437 e. The van der Waals surface area contributed by atoms with Crippen LogP contribution < -0.4 is 18.3 Å². The third kappa shape index (κ3) is 14.1. The van der Waals surface area contributed by atoms with E-state index in [2.05, 4.69) is 334 Å². The molecule has 0 radical (unpaired) electrons. The second kappa shape index (κ2) is 33.1. The van der Waals surface area contributed by atoms with E-state index < -0.39 is 18.6 Å². The highest BCUT2D eigenvalue weighted by atomic mass is 16.4. The van der Waals surface area contributed by atoms with Crippen LogP contribution in [0.4, 0.5) is 0 Å². The van der Waals surface area contributed by atoms with Gasteiger partial charge in [0.2, 0.25) is 45.6 Å². The summed E-state index contributed by atoms with van der Waals surface area (Å²) in [5.74, 6) is -1.37. The normalized spacial score (nSPS) is 13.2. The second-order valence-electron chi connectivity index (χ2n) is 37.9. The van der Waals surface area contributed by atoms with Crippen LogP contribution in [0.3, 0.4) is 0 Å². The van der Waals surface area contributed by atoms with Crippen molar-refractivity contribution >= 4 is 174 Å². The van der Waals surface area contributed by atoms with Gasteiger partial charge in [0, 0.05) is 97.5 Å². The number of fused-ring (bicyclic) bond motifs is 24. The summed E-state index contributed by atoms with van der Waals surface area (Å²) >= 11 is 0. The van der Waals surface area contributed by atoms with Crippen molar-refractivity contribution in [3.8, 4) is 45.0 Å². The van der Waals surface area contributed by atoms with Crippen LogP contribution in [0.1, 0.15) is 164 Å². The van der Waals surface area contributed by atoms with E-state index in [4.69, 9.17) is 39.5 Å². The highest BCUT2D eigenvalue weighted by molar-refractivity contribution is 6.25. The van der Waals surface area contributed by atoms with Gasteiger partial charge in [-0.25, -0.2) is 38.2 Å². The van der Waals surface area contributed by atoms with Crippen LogP contribution >= 0.6 is 0 Å². The highest BCUT2D eigenvalue weighted by Gasteiger charge is 2.33. The molecule has 24 aromatic rings. The quantitative estimate of drug-likeness (QED) is 0.138. The van der Waals surface area contributed by atoms with Crippen molar-refractivity contribution in [2.24, 2.45) is 28.2 Å². The third-order valence-electron chi connectivity index (χ3n) is 28.5. The van der Waals surface area contributed by atoms with Crippen LogP contribution in [-0.2, 0) is 28.2 Å². The monoisotopic (exact) mass is 1760 g/mol. The molecular formula is C122H112N8O4+4. The van der Waals surface area contributed by atoms with Crippen LogP contribution in [0.5, 0.6) is 0 Å². The summed E-state index contributed by atoms with van der Waals surface area (Å²) in [6.45, 7) is 33.1. The topological polar surface area (TPSA) is 120 Å². The van der Waals surface area contributed by atoms with Gasteiger partial charge in [0.1, 0.15) is 28.2 Å². The van der Waals surface area contributed by atoms with E-state index in [0.717, 1.165) is 176 Å². The zero-order valence-corrected chi connectivity index (χ0v) is 80.1. The van der Waals surface area contributed by atoms with Crippen molar-refractivity contribution in [1.82, 2.24) is 19.9 Å². The average molecular weight is 1760 g/mol. The van der Waals surface area contributed by atoms with Crippen molar-refractivity contribution in [2.45, 2.75) is 148 Å². The van der Waals surface area contributed by atoms with Gasteiger partial charge in [0.05, 0.1) is 65.3 Å². The molecule has 0 bridgehead atoms. The Kier molecular flexibility index (Phi) is 19.8. The molecule has 0 spiro atoms. The standard InChI is InChI=1S/3C31H29N2O.C29H25N2O/c3*1-17(2)21-11-12-24-22(16-21)13-14-33(6)29(24)27-19(4)18(3)15-26-28-25-10-8-7-9-23(25)20(5)32-31(28)34-30(26)27;1-17(2)19-10-12-23-20(15-19)13-14-31(4)27(23)25-18(3)9-11-24-26-22-8-6-5-7-21(22)16-30-29(26)32-28(24)25/h3*7-17H,1-6H3;5-17H,1-4H3/q4*+1/i1D3,17D;17D;;. The van der Waals surface area contributed by atoms with E-state index in [9.17, 15) is 0 Å². The molecule has 0 fully saturated rings. The van der Waals surface area contributed by atoms with Crippen molar-refractivity contribution in [3.05, 3.63) is 334 Å². The van der Waals surface area contributed by atoms with E-state index in [1.807, 2.05) is 77.5 Å². The number of pyridine rings is 8. The van der Waals surface area contributed by atoms with Gasteiger partial charge in [-0.3, -0.25) is 0 Å². The van der Waals surface area contributed by atoms with Gasteiger partial charge >= 0.3 is 0 Å². The van der Waals surface area contributed by atoms with Crippen LogP contribution in [0.25, 0.3) is 219 Å². The summed E-state index contributed by atoms with van der Waals surface area (Å²) in [7, 11) is 8.33. The zero-order chi connectivity index (χ0) is 97.5. The molecule has 0 aliphatic rings. The first-order chi connectivity index (χ1) is 66.4. The molecule has 0 saturated carbocycles. The summed E-state index contributed by atoms with van der Waals surface area (Å²) in [4.78, 5) is 19.2. The Morgan fingerprint density at radius 2 is 0.567 bits per heavy atom. The fraction of sp³-hybridized carbons (Fsp3) is 0.213. The number of furan rings is 4. The van der Waals surface area contributed by atoms with Gasteiger partial charge in [-0.05, 0) is 240 Å². The first-order valence-corrected chi connectivity index (χ1v) is 46.5. The van der Waals surface area contributed by atoms with E-state index in [0.29, 0.717) is 40.3 Å². The number of aromatic nitrogens is 8. The molecule has 12 heteroatoms. The molecule has 0 amide bonds. The Hall–Kier alpha value is -14.9. The first-order valence-electron chi connectivity index (χ1n) is 49.0. The maximum absolute atomic E-state index is 8.58. The minimum absolute atomic E-state index is 0.464.